The fourth-order valence-electron chi connectivity index (χ4n) is 1.57. The van der Waals surface area contributed by atoms with Gasteiger partial charge in [-0.2, -0.15) is 0 Å². The first-order valence-corrected chi connectivity index (χ1v) is 7.64. The van der Waals surface area contributed by atoms with E-state index in [1.165, 1.54) is 0 Å². The number of aromatic nitrogens is 2. The fraction of sp³-hybridized carbons (Fsp3) is 0.286. The summed E-state index contributed by atoms with van der Waals surface area (Å²) in [6.45, 7) is 6.03. The predicted octanol–water partition coefficient (Wildman–Crippen LogP) is 6.13. The van der Waals surface area contributed by atoms with Crippen LogP contribution in [-0.4, -0.2) is 9.97 Å². The maximum atomic E-state index is 6.14. The van der Waals surface area contributed by atoms with Crippen LogP contribution in [0.15, 0.2) is 18.2 Å². The van der Waals surface area contributed by atoms with Crippen LogP contribution in [0.1, 0.15) is 26.6 Å². The maximum absolute atomic E-state index is 6.14. The molecule has 0 amide bonds. The smallest absolute Gasteiger partial charge is 0.137 e. The van der Waals surface area contributed by atoms with Crippen LogP contribution in [0, 0.1) is 0 Å². The van der Waals surface area contributed by atoms with Gasteiger partial charge in [0.15, 0.2) is 0 Å². The molecule has 21 heavy (non-hydrogen) atoms. The third-order valence-corrected chi connectivity index (χ3v) is 3.87. The van der Waals surface area contributed by atoms with Gasteiger partial charge in [0.1, 0.15) is 16.8 Å². The van der Waals surface area contributed by atoms with Crippen molar-refractivity contribution >= 4 is 57.9 Å². The first-order valence-electron chi connectivity index (χ1n) is 6.13. The molecule has 0 spiro atoms. The van der Waals surface area contributed by atoms with Gasteiger partial charge in [0.2, 0.25) is 0 Å². The van der Waals surface area contributed by atoms with Crippen molar-refractivity contribution in [2.75, 3.05) is 5.32 Å². The average molecular weight is 365 g/mol. The largest absolute Gasteiger partial charge is 0.339 e. The molecular formula is C14H13Cl4N3. The number of nitrogens with zero attached hydrogens (tertiary/aromatic N) is 2. The number of anilines is 2. The zero-order valence-electron chi connectivity index (χ0n) is 11.6. The molecule has 112 valence electrons. The van der Waals surface area contributed by atoms with Gasteiger partial charge in [-0.15, -0.1) is 0 Å². The van der Waals surface area contributed by atoms with E-state index in [1.54, 1.807) is 18.2 Å². The molecule has 1 aromatic carbocycles. The van der Waals surface area contributed by atoms with E-state index in [9.17, 15) is 0 Å². The molecule has 1 heterocycles. The van der Waals surface area contributed by atoms with Gasteiger partial charge >= 0.3 is 0 Å². The number of benzene rings is 1. The Morgan fingerprint density at radius 3 is 2.10 bits per heavy atom. The van der Waals surface area contributed by atoms with Crippen LogP contribution in [0.5, 0.6) is 0 Å². The zero-order valence-corrected chi connectivity index (χ0v) is 14.7. The second kappa shape index (κ2) is 6.17. The molecule has 7 heteroatoms. The van der Waals surface area contributed by atoms with Crippen molar-refractivity contribution in [1.29, 1.82) is 0 Å². The molecule has 0 saturated carbocycles. The summed E-state index contributed by atoms with van der Waals surface area (Å²) in [6, 6.07) is 4.83. The van der Waals surface area contributed by atoms with E-state index in [1.807, 2.05) is 20.8 Å². The Kier molecular flexibility index (Phi) is 4.89. The fourth-order valence-corrected chi connectivity index (χ4v) is 2.35. The maximum Gasteiger partial charge on any atom is 0.137 e. The molecule has 0 aliphatic carbocycles. The highest BCUT2D eigenvalue weighted by molar-refractivity contribution is 6.44. The Hall–Kier alpha value is -0.740. The summed E-state index contributed by atoms with van der Waals surface area (Å²) in [5.74, 6) is 1.17. The van der Waals surface area contributed by atoms with Gasteiger partial charge in [-0.05, 0) is 12.1 Å². The molecule has 1 aromatic heterocycles. The number of hydrogen-bond donors (Lipinski definition) is 1. The van der Waals surface area contributed by atoms with Gasteiger partial charge in [0.05, 0.1) is 20.8 Å². The first-order chi connectivity index (χ1) is 9.66. The third-order valence-electron chi connectivity index (χ3n) is 2.64. The lowest BCUT2D eigenvalue weighted by molar-refractivity contribution is 0.546. The SMILES string of the molecule is CC(C)(C)c1nc(Cl)cc(Nc2cc(Cl)c(Cl)cc2Cl)n1. The van der Waals surface area contributed by atoms with Gasteiger partial charge in [-0.1, -0.05) is 67.2 Å². The Bertz CT molecular complexity index is 681. The van der Waals surface area contributed by atoms with Gasteiger partial charge in [0, 0.05) is 11.5 Å². The van der Waals surface area contributed by atoms with Crippen LogP contribution in [-0.2, 0) is 5.41 Å². The van der Waals surface area contributed by atoms with E-state index < -0.39 is 0 Å². The molecule has 0 radical (unpaired) electrons. The monoisotopic (exact) mass is 363 g/mol. The lowest BCUT2D eigenvalue weighted by Gasteiger charge is -2.18. The highest BCUT2D eigenvalue weighted by Gasteiger charge is 2.19. The quantitative estimate of drug-likeness (QED) is 0.514. The molecule has 0 aliphatic rings. The van der Waals surface area contributed by atoms with Crippen LogP contribution in [0.4, 0.5) is 11.5 Å². The van der Waals surface area contributed by atoms with Gasteiger partial charge in [-0.3, -0.25) is 0 Å². The van der Waals surface area contributed by atoms with E-state index in [4.69, 9.17) is 46.4 Å². The van der Waals surface area contributed by atoms with Gasteiger partial charge < -0.3 is 5.32 Å². The van der Waals surface area contributed by atoms with Crippen LogP contribution < -0.4 is 5.32 Å². The van der Waals surface area contributed by atoms with Gasteiger partial charge in [0.25, 0.3) is 0 Å². The van der Waals surface area contributed by atoms with E-state index in [-0.39, 0.29) is 5.41 Å². The van der Waals surface area contributed by atoms with Crippen molar-refractivity contribution in [2.45, 2.75) is 26.2 Å². The lowest BCUT2D eigenvalue weighted by Crippen LogP contribution is -2.16. The number of rotatable bonds is 2. The summed E-state index contributed by atoms with van der Waals surface area (Å²) in [4.78, 5) is 8.69. The number of hydrogen-bond acceptors (Lipinski definition) is 3. The molecular weight excluding hydrogens is 352 g/mol. The molecule has 0 saturated heterocycles. The highest BCUT2D eigenvalue weighted by Crippen LogP contribution is 2.34. The highest BCUT2D eigenvalue weighted by atomic mass is 35.5. The molecule has 0 atom stereocenters. The Labute approximate surface area is 143 Å². The third kappa shape index (κ3) is 4.13. The normalized spacial score (nSPS) is 11.6. The summed E-state index contributed by atoms with van der Waals surface area (Å²) in [5, 5.41) is 4.67. The van der Waals surface area contributed by atoms with E-state index in [0.29, 0.717) is 37.6 Å². The molecule has 3 nitrogen and oxygen atoms in total. The second-order valence-corrected chi connectivity index (χ2v) is 7.13. The molecule has 0 aliphatic heterocycles. The number of halogens is 4. The second-order valence-electron chi connectivity index (χ2n) is 5.52. The van der Waals surface area contributed by atoms with E-state index >= 15 is 0 Å². The average Bonchev–Trinajstić information content (AvgIpc) is 2.34. The Morgan fingerprint density at radius 1 is 0.857 bits per heavy atom. The minimum Gasteiger partial charge on any atom is -0.339 e. The standard InChI is InChI=1S/C14H13Cl4N3/c1-14(2,3)13-20-11(18)6-12(21-13)19-10-5-8(16)7(15)4-9(10)17/h4-6H,1-3H3,(H,19,20,21). The summed E-state index contributed by atoms with van der Waals surface area (Å²) < 4.78 is 0. The van der Waals surface area contributed by atoms with Crippen molar-refractivity contribution in [3.05, 3.63) is 44.2 Å². The Morgan fingerprint density at radius 2 is 1.48 bits per heavy atom. The van der Waals surface area contributed by atoms with Crippen molar-refractivity contribution in [2.24, 2.45) is 0 Å². The summed E-state index contributed by atoms with van der Waals surface area (Å²) >= 11 is 24.1. The van der Waals surface area contributed by atoms with Crippen molar-refractivity contribution in [3.63, 3.8) is 0 Å². The number of nitrogens with one attached hydrogen (secondary N) is 1. The van der Waals surface area contributed by atoms with Crippen molar-refractivity contribution in [1.82, 2.24) is 9.97 Å². The molecule has 0 fully saturated rings. The minimum absolute atomic E-state index is 0.219. The van der Waals surface area contributed by atoms with E-state index in [0.717, 1.165) is 0 Å². The summed E-state index contributed by atoms with van der Waals surface area (Å²) in [6.07, 6.45) is 0. The Balaban J connectivity index is 2.40. The van der Waals surface area contributed by atoms with Crippen LogP contribution in [0.2, 0.25) is 20.2 Å². The first kappa shape index (κ1) is 16.6. The summed E-state index contributed by atoms with van der Waals surface area (Å²) in [5.41, 5.74) is 0.378. The lowest BCUT2D eigenvalue weighted by atomic mass is 9.96. The zero-order chi connectivity index (χ0) is 15.8. The minimum atomic E-state index is -0.219. The van der Waals surface area contributed by atoms with E-state index in [2.05, 4.69) is 15.3 Å². The molecule has 0 unspecified atom stereocenters. The van der Waals surface area contributed by atoms with Crippen molar-refractivity contribution in [3.8, 4) is 0 Å². The van der Waals surface area contributed by atoms with Crippen molar-refractivity contribution < 1.29 is 0 Å². The predicted molar refractivity (Wildman–Crippen MR) is 90.5 cm³/mol. The topological polar surface area (TPSA) is 37.8 Å². The van der Waals surface area contributed by atoms with Crippen LogP contribution in [0.3, 0.4) is 0 Å². The van der Waals surface area contributed by atoms with Crippen LogP contribution in [0.25, 0.3) is 0 Å². The molecule has 1 N–H and O–H groups in total. The van der Waals surface area contributed by atoms with Crippen LogP contribution >= 0.6 is 46.4 Å². The molecule has 2 aromatic rings. The molecule has 0 bridgehead atoms. The summed E-state index contributed by atoms with van der Waals surface area (Å²) in [7, 11) is 0. The van der Waals surface area contributed by atoms with Gasteiger partial charge in [-0.25, -0.2) is 9.97 Å². The molecule has 2 rings (SSSR count).